The van der Waals surface area contributed by atoms with E-state index < -0.39 is 11.9 Å². The van der Waals surface area contributed by atoms with E-state index in [1.165, 1.54) is 4.90 Å². The Kier molecular flexibility index (Phi) is 6.34. The lowest BCUT2D eigenvalue weighted by molar-refractivity contribution is -0.213. The van der Waals surface area contributed by atoms with Gasteiger partial charge in [-0.1, -0.05) is 37.3 Å². The third-order valence-corrected chi connectivity index (χ3v) is 4.55. The second-order valence-corrected chi connectivity index (χ2v) is 5.86. The second-order valence-electron chi connectivity index (χ2n) is 5.86. The van der Waals surface area contributed by atoms with Crippen molar-refractivity contribution in [2.45, 2.75) is 44.4 Å². The first kappa shape index (κ1) is 18.4. The number of hydrogen-bond donors (Lipinski definition) is 0. The van der Waals surface area contributed by atoms with Crippen LogP contribution < -0.4 is 0 Å². The lowest BCUT2D eigenvalue weighted by atomic mass is 10.0. The van der Waals surface area contributed by atoms with Gasteiger partial charge in [0.25, 0.3) is 0 Å². The fourth-order valence-electron chi connectivity index (χ4n) is 2.97. The minimum atomic E-state index is -0.797. The van der Waals surface area contributed by atoms with E-state index in [1.54, 1.807) is 14.2 Å². The molecule has 0 saturated carbocycles. The van der Waals surface area contributed by atoms with Gasteiger partial charge in [-0.25, -0.2) is 9.69 Å². The zero-order valence-corrected chi connectivity index (χ0v) is 14.5. The first-order chi connectivity index (χ1) is 11.5. The predicted molar refractivity (Wildman–Crippen MR) is 88.4 cm³/mol. The van der Waals surface area contributed by atoms with E-state index in [0.717, 1.165) is 5.56 Å². The summed E-state index contributed by atoms with van der Waals surface area (Å²) in [5.74, 6) is -1.06. The maximum atomic E-state index is 12.6. The molecule has 24 heavy (non-hydrogen) atoms. The Bertz CT molecular complexity index is 548. The van der Waals surface area contributed by atoms with Gasteiger partial charge in [-0.15, -0.1) is 0 Å². The van der Waals surface area contributed by atoms with Crippen molar-refractivity contribution in [1.29, 1.82) is 0 Å². The molecule has 0 N–H and O–H groups in total. The summed E-state index contributed by atoms with van der Waals surface area (Å²) in [7, 11) is 3.11. The molecule has 0 aromatic heterocycles. The topological polar surface area (TPSA) is 65.1 Å². The Morgan fingerprint density at radius 1 is 1.29 bits per heavy atom. The van der Waals surface area contributed by atoms with Gasteiger partial charge in [-0.2, -0.15) is 0 Å². The molecule has 0 radical (unpaired) electrons. The molecule has 0 aliphatic carbocycles. The standard InChI is InChI=1S/C18H25NO5/c1-4-18(22-2,23-3)11-10-16(20)19-15(13-24-17(19)21)12-14-8-6-5-7-9-14/h5-9,15H,4,10-13H2,1-3H3/t15-/m1/s1. The van der Waals surface area contributed by atoms with Crippen LogP contribution >= 0.6 is 0 Å². The minimum Gasteiger partial charge on any atom is -0.447 e. The number of carbonyl (C=O) groups is 2. The van der Waals surface area contributed by atoms with Crippen LogP contribution in [0.4, 0.5) is 4.79 Å². The average Bonchev–Trinajstić information content (AvgIpc) is 2.98. The molecule has 1 saturated heterocycles. The van der Waals surface area contributed by atoms with Crippen molar-refractivity contribution in [3.63, 3.8) is 0 Å². The summed E-state index contributed by atoms with van der Waals surface area (Å²) in [5, 5.41) is 0. The van der Waals surface area contributed by atoms with E-state index in [0.29, 0.717) is 19.3 Å². The zero-order chi connectivity index (χ0) is 17.6. The van der Waals surface area contributed by atoms with Crippen LogP contribution in [-0.2, 0) is 25.4 Å². The highest BCUT2D eigenvalue weighted by Crippen LogP contribution is 2.25. The lowest BCUT2D eigenvalue weighted by Gasteiger charge is -2.30. The SMILES string of the molecule is CCC(CCC(=O)N1C(=O)OC[C@H]1Cc1ccccc1)(OC)OC. The summed E-state index contributed by atoms with van der Waals surface area (Å²) in [6.45, 7) is 2.16. The average molecular weight is 335 g/mol. The number of methoxy groups -OCH3 is 2. The third kappa shape index (κ3) is 4.13. The lowest BCUT2D eigenvalue weighted by Crippen LogP contribution is -2.42. The van der Waals surface area contributed by atoms with Gasteiger partial charge in [0.05, 0.1) is 6.04 Å². The van der Waals surface area contributed by atoms with Crippen molar-refractivity contribution in [3.05, 3.63) is 35.9 Å². The van der Waals surface area contributed by atoms with E-state index in [2.05, 4.69) is 0 Å². The van der Waals surface area contributed by atoms with E-state index in [9.17, 15) is 9.59 Å². The van der Waals surface area contributed by atoms with Crippen LogP contribution in [0.25, 0.3) is 0 Å². The van der Waals surface area contributed by atoms with Gasteiger partial charge in [0, 0.05) is 27.1 Å². The molecule has 2 amide bonds. The monoisotopic (exact) mass is 335 g/mol. The molecule has 2 rings (SSSR count). The second kappa shape index (κ2) is 8.26. The first-order valence-corrected chi connectivity index (χ1v) is 8.18. The summed E-state index contributed by atoms with van der Waals surface area (Å²) in [5.41, 5.74) is 1.07. The fourth-order valence-corrected chi connectivity index (χ4v) is 2.97. The maximum Gasteiger partial charge on any atom is 0.416 e. The molecule has 0 bridgehead atoms. The number of nitrogens with zero attached hydrogens (tertiary/aromatic N) is 1. The minimum absolute atomic E-state index is 0.163. The molecule has 1 atom stereocenters. The normalized spacial score (nSPS) is 17.9. The number of hydrogen-bond acceptors (Lipinski definition) is 5. The number of ether oxygens (including phenoxy) is 3. The summed E-state index contributed by atoms with van der Waals surface area (Å²) in [6.07, 6.45) is 1.18. The molecule has 1 fully saturated rings. The largest absolute Gasteiger partial charge is 0.447 e. The van der Waals surface area contributed by atoms with Crippen LogP contribution in [0.5, 0.6) is 0 Å². The van der Waals surface area contributed by atoms with E-state index in [-0.39, 0.29) is 25.0 Å². The Balaban J connectivity index is 2.01. The number of cyclic esters (lactones) is 1. The number of benzene rings is 1. The third-order valence-electron chi connectivity index (χ3n) is 4.55. The summed E-state index contributed by atoms with van der Waals surface area (Å²) in [6, 6.07) is 9.49. The molecule has 1 heterocycles. The van der Waals surface area contributed by atoms with Crippen LogP contribution in [0.15, 0.2) is 30.3 Å². The van der Waals surface area contributed by atoms with Crippen molar-refractivity contribution in [1.82, 2.24) is 4.90 Å². The molecule has 1 aliphatic rings. The highest BCUT2D eigenvalue weighted by Gasteiger charge is 2.39. The summed E-state index contributed by atoms with van der Waals surface area (Å²) in [4.78, 5) is 25.8. The van der Waals surface area contributed by atoms with Crippen LogP contribution in [0.3, 0.4) is 0 Å². The predicted octanol–water partition coefficient (Wildman–Crippen LogP) is 2.76. The fraction of sp³-hybridized carbons (Fsp3) is 0.556. The molecule has 6 nitrogen and oxygen atoms in total. The van der Waals surface area contributed by atoms with Gasteiger partial charge in [-0.05, 0) is 18.4 Å². The Hall–Kier alpha value is -1.92. The summed E-state index contributed by atoms with van der Waals surface area (Å²) < 4.78 is 15.9. The molecule has 0 unspecified atom stereocenters. The van der Waals surface area contributed by atoms with Crippen LogP contribution in [-0.4, -0.2) is 49.6 Å². The van der Waals surface area contributed by atoms with Gasteiger partial charge in [-0.3, -0.25) is 4.79 Å². The number of rotatable bonds is 8. The van der Waals surface area contributed by atoms with Crippen molar-refractivity contribution >= 4 is 12.0 Å². The smallest absolute Gasteiger partial charge is 0.416 e. The molecule has 132 valence electrons. The number of carbonyl (C=O) groups excluding carboxylic acids is 2. The number of imide groups is 1. The summed E-state index contributed by atoms with van der Waals surface area (Å²) >= 11 is 0. The Morgan fingerprint density at radius 3 is 2.54 bits per heavy atom. The quantitative estimate of drug-likeness (QED) is 0.684. The number of amides is 2. The van der Waals surface area contributed by atoms with Crippen molar-refractivity contribution < 1.29 is 23.8 Å². The highest BCUT2D eigenvalue weighted by atomic mass is 16.7. The van der Waals surface area contributed by atoms with E-state index in [1.807, 2.05) is 37.3 Å². The zero-order valence-electron chi connectivity index (χ0n) is 14.5. The van der Waals surface area contributed by atoms with Gasteiger partial charge >= 0.3 is 6.09 Å². The van der Waals surface area contributed by atoms with Crippen LogP contribution in [0.1, 0.15) is 31.7 Å². The van der Waals surface area contributed by atoms with Crippen molar-refractivity contribution in [3.8, 4) is 0 Å². The van der Waals surface area contributed by atoms with Crippen LogP contribution in [0, 0.1) is 0 Å². The van der Waals surface area contributed by atoms with Crippen molar-refractivity contribution in [2.75, 3.05) is 20.8 Å². The Labute approximate surface area is 142 Å². The molecule has 6 heteroatoms. The van der Waals surface area contributed by atoms with E-state index >= 15 is 0 Å². The molecule has 0 spiro atoms. The molecule has 1 aromatic rings. The Morgan fingerprint density at radius 2 is 1.96 bits per heavy atom. The van der Waals surface area contributed by atoms with E-state index in [4.69, 9.17) is 14.2 Å². The molecule has 1 aliphatic heterocycles. The van der Waals surface area contributed by atoms with Gasteiger partial charge in [0.2, 0.25) is 5.91 Å². The maximum absolute atomic E-state index is 12.6. The molecular formula is C18H25NO5. The molecular weight excluding hydrogens is 310 g/mol. The first-order valence-electron chi connectivity index (χ1n) is 8.18. The van der Waals surface area contributed by atoms with Crippen molar-refractivity contribution in [2.24, 2.45) is 0 Å². The van der Waals surface area contributed by atoms with Crippen LogP contribution in [0.2, 0.25) is 0 Å². The highest BCUT2D eigenvalue weighted by molar-refractivity contribution is 5.93. The van der Waals surface area contributed by atoms with Gasteiger partial charge in [0.1, 0.15) is 6.61 Å². The van der Waals surface area contributed by atoms with Gasteiger partial charge in [0.15, 0.2) is 5.79 Å². The van der Waals surface area contributed by atoms with Gasteiger partial charge < -0.3 is 14.2 Å². The molecule has 1 aromatic carbocycles.